The number of nitrogens with one attached hydrogen (secondary N) is 1. The number of hydrogen-bond donors (Lipinski definition) is 1. The minimum Gasteiger partial charge on any atom is -0.456 e. The summed E-state index contributed by atoms with van der Waals surface area (Å²) >= 11 is 6.24. The van der Waals surface area contributed by atoms with Gasteiger partial charge in [-0.3, -0.25) is 19.9 Å². The van der Waals surface area contributed by atoms with Gasteiger partial charge in [-0.05, 0) is 116 Å². The van der Waals surface area contributed by atoms with Crippen molar-refractivity contribution in [3.8, 4) is 11.5 Å². The number of aromatic nitrogens is 2. The summed E-state index contributed by atoms with van der Waals surface area (Å²) in [4.78, 5) is 23.4. The Kier molecular flexibility index (Phi) is 12.5. The van der Waals surface area contributed by atoms with E-state index in [0.717, 1.165) is 112 Å². The first-order valence-corrected chi connectivity index (χ1v) is 24.0. The third kappa shape index (κ3) is 9.75. The van der Waals surface area contributed by atoms with E-state index in [1.807, 2.05) is 30.3 Å². The van der Waals surface area contributed by atoms with E-state index in [2.05, 4.69) is 57.0 Å². The van der Waals surface area contributed by atoms with Crippen molar-refractivity contribution < 1.29 is 22.8 Å². The van der Waals surface area contributed by atoms with Gasteiger partial charge in [0.05, 0.1) is 16.0 Å². The summed E-state index contributed by atoms with van der Waals surface area (Å²) in [5.41, 5.74) is 5.85. The Balaban J connectivity index is 0.829. The lowest BCUT2D eigenvalue weighted by molar-refractivity contribution is -0.384. The Labute approximate surface area is 374 Å². The van der Waals surface area contributed by atoms with Crippen molar-refractivity contribution in [3.05, 3.63) is 118 Å². The van der Waals surface area contributed by atoms with E-state index in [9.17, 15) is 18.5 Å². The monoisotopic (exact) mass is 893 g/mol. The predicted octanol–water partition coefficient (Wildman–Crippen LogP) is 9.33. The van der Waals surface area contributed by atoms with Gasteiger partial charge in [0.2, 0.25) is 0 Å². The van der Waals surface area contributed by atoms with E-state index in [0.29, 0.717) is 41.1 Å². The van der Waals surface area contributed by atoms with Crippen LogP contribution in [0.5, 0.6) is 11.5 Å². The van der Waals surface area contributed by atoms with Gasteiger partial charge in [-0.25, -0.2) is 17.4 Å². The molecular formula is C48H56ClN7O6S. The molecule has 3 aliphatic heterocycles. The summed E-state index contributed by atoms with van der Waals surface area (Å²) in [6, 6.07) is 24.3. The van der Waals surface area contributed by atoms with Crippen molar-refractivity contribution >= 4 is 55.3 Å². The van der Waals surface area contributed by atoms with E-state index in [-0.39, 0.29) is 21.6 Å². The largest absolute Gasteiger partial charge is 0.456 e. The van der Waals surface area contributed by atoms with Crippen molar-refractivity contribution in [2.24, 2.45) is 11.3 Å². The zero-order valence-electron chi connectivity index (χ0n) is 36.0. The summed E-state index contributed by atoms with van der Waals surface area (Å²) in [7, 11) is -4.22. The van der Waals surface area contributed by atoms with Gasteiger partial charge in [0.25, 0.3) is 15.7 Å². The Hall–Kier alpha value is -4.99. The molecule has 63 heavy (non-hydrogen) atoms. The average molecular weight is 895 g/mol. The van der Waals surface area contributed by atoms with Crippen LogP contribution in [0.15, 0.2) is 102 Å². The molecule has 4 aliphatic rings. The third-order valence-electron chi connectivity index (χ3n) is 13.4. The fourth-order valence-corrected chi connectivity index (χ4v) is 11.2. The van der Waals surface area contributed by atoms with Gasteiger partial charge in [0.15, 0.2) is 5.65 Å². The van der Waals surface area contributed by atoms with Gasteiger partial charge >= 0.3 is 0 Å². The fourth-order valence-electron chi connectivity index (χ4n) is 9.76. The Bertz CT molecular complexity index is 2600. The van der Waals surface area contributed by atoms with Crippen LogP contribution in [-0.2, 0) is 14.8 Å². The summed E-state index contributed by atoms with van der Waals surface area (Å²) in [5.74, 6) is 1.45. The Morgan fingerprint density at radius 1 is 0.952 bits per heavy atom. The molecule has 5 heterocycles. The molecule has 3 saturated heterocycles. The third-order valence-corrected chi connectivity index (χ3v) is 15.3. The molecule has 0 amide bonds. The number of nitro groups is 1. The first-order valence-electron chi connectivity index (χ1n) is 22.2. The molecule has 1 N–H and O–H groups in total. The minimum absolute atomic E-state index is 0.193. The molecule has 0 spiro atoms. The highest BCUT2D eigenvalue weighted by molar-refractivity contribution is 7.90. The molecule has 15 heteroatoms. The highest BCUT2D eigenvalue weighted by Gasteiger charge is 2.32. The highest BCUT2D eigenvalue weighted by Crippen LogP contribution is 2.43. The van der Waals surface area contributed by atoms with Crippen LogP contribution in [-0.4, -0.2) is 104 Å². The quantitative estimate of drug-likeness (QED) is 0.0895. The van der Waals surface area contributed by atoms with E-state index >= 15 is 0 Å². The van der Waals surface area contributed by atoms with Crippen LogP contribution in [0.25, 0.3) is 16.6 Å². The number of halogens is 1. The summed E-state index contributed by atoms with van der Waals surface area (Å²) in [5, 5.41) is 16.8. The maximum Gasteiger partial charge on any atom is 0.293 e. The lowest BCUT2D eigenvalue weighted by atomic mass is 9.72. The molecule has 9 rings (SSSR count). The number of nitrogens with zero attached hydrogens (tertiary/aromatic N) is 6. The lowest BCUT2D eigenvalue weighted by Gasteiger charge is -2.39. The molecule has 1 atom stereocenters. The maximum absolute atomic E-state index is 14.0. The second-order valence-corrected chi connectivity index (χ2v) is 20.6. The molecule has 0 radical (unpaired) electrons. The van der Waals surface area contributed by atoms with Crippen LogP contribution >= 0.6 is 11.6 Å². The highest BCUT2D eigenvalue weighted by atomic mass is 35.5. The number of benzene rings is 3. The van der Waals surface area contributed by atoms with Crippen molar-refractivity contribution in [2.45, 2.75) is 63.3 Å². The SMILES string of the molecule is CC1(C)CCC(CN2CCN(c3cccc(Oc4cnc5c(ccn5S(=O)(=O)c5ccc(NC[C@H]6CCN(C7CCOCC7)C6)c([N+](=O)[O-])c5)c4)c3)CC2)=C(c2ccc(Cl)cc2)C1. The molecular weight excluding hydrogens is 838 g/mol. The number of likely N-dealkylation sites (tertiary alicyclic amines) is 1. The van der Waals surface area contributed by atoms with Crippen molar-refractivity contribution in [1.82, 2.24) is 18.8 Å². The van der Waals surface area contributed by atoms with E-state index in [1.165, 1.54) is 47.7 Å². The second-order valence-electron chi connectivity index (χ2n) is 18.3. The maximum atomic E-state index is 14.0. The fraction of sp³-hybridized carbons (Fsp3) is 0.438. The van der Waals surface area contributed by atoms with Crippen LogP contribution in [0.2, 0.25) is 5.02 Å². The first-order chi connectivity index (χ1) is 30.4. The van der Waals surface area contributed by atoms with Crippen LogP contribution in [0.4, 0.5) is 17.1 Å². The van der Waals surface area contributed by atoms with Crippen LogP contribution in [0.3, 0.4) is 0 Å². The van der Waals surface area contributed by atoms with Crippen LogP contribution in [0.1, 0.15) is 57.9 Å². The van der Waals surface area contributed by atoms with Gasteiger partial charge in [-0.1, -0.05) is 49.2 Å². The number of ether oxygens (including phenoxy) is 2. The molecule has 0 bridgehead atoms. The second kappa shape index (κ2) is 18.2. The van der Waals surface area contributed by atoms with E-state index in [4.69, 9.17) is 21.1 Å². The molecule has 3 aromatic carbocycles. The topological polar surface area (TPSA) is 135 Å². The van der Waals surface area contributed by atoms with Crippen molar-refractivity contribution in [1.29, 1.82) is 0 Å². The van der Waals surface area contributed by atoms with Crippen molar-refractivity contribution in [3.63, 3.8) is 0 Å². The number of pyridine rings is 1. The van der Waals surface area contributed by atoms with Crippen LogP contribution < -0.4 is 15.0 Å². The lowest BCUT2D eigenvalue weighted by Crippen LogP contribution is -2.47. The Morgan fingerprint density at radius 3 is 2.52 bits per heavy atom. The molecule has 5 aromatic rings. The zero-order valence-corrected chi connectivity index (χ0v) is 37.6. The predicted molar refractivity (Wildman–Crippen MR) is 249 cm³/mol. The first kappa shape index (κ1) is 43.3. The van der Waals surface area contributed by atoms with Gasteiger partial charge in [-0.15, -0.1) is 0 Å². The Morgan fingerprint density at radius 2 is 1.75 bits per heavy atom. The van der Waals surface area contributed by atoms with Crippen LogP contribution in [0, 0.1) is 21.4 Å². The molecule has 1 aliphatic carbocycles. The summed E-state index contributed by atoms with van der Waals surface area (Å²) in [6.07, 6.45) is 9.36. The number of allylic oxidation sites excluding steroid dienone is 1. The smallest absolute Gasteiger partial charge is 0.293 e. The number of rotatable bonds is 13. The molecule has 2 aromatic heterocycles. The molecule has 3 fully saturated rings. The number of nitro benzene ring substituents is 1. The normalized spacial score (nSPS) is 20.4. The van der Waals surface area contributed by atoms with Gasteiger partial charge in [-0.2, -0.15) is 0 Å². The van der Waals surface area contributed by atoms with E-state index in [1.54, 1.807) is 12.1 Å². The average Bonchev–Trinajstić information content (AvgIpc) is 3.95. The summed E-state index contributed by atoms with van der Waals surface area (Å²) in [6.45, 7) is 13.5. The van der Waals surface area contributed by atoms with Crippen molar-refractivity contribution in [2.75, 3.05) is 75.8 Å². The number of hydrogen-bond acceptors (Lipinski definition) is 11. The number of anilines is 2. The standard InChI is InChI=1S/C48H56ClN7O6S/c1-48(2)17-12-37(44(29-48)35-6-8-38(49)9-7-35)33-52-20-22-53(23-21-52)40-4-3-5-41(27-40)62-42-26-36-14-19-55(47(36)51-31-42)63(59,60)43-10-11-45(46(28-43)56(57)58)50-30-34-13-18-54(32-34)39-15-24-61-25-16-39/h3-11,14,19,26-28,31,34,39,50H,12-13,15-18,20-25,29-30,32-33H2,1-2H3/t34-/m1/s1. The van der Waals surface area contributed by atoms with Gasteiger partial charge in [0.1, 0.15) is 17.2 Å². The van der Waals surface area contributed by atoms with Gasteiger partial charge < -0.3 is 19.7 Å². The number of piperazine rings is 1. The zero-order chi connectivity index (χ0) is 43.7. The minimum atomic E-state index is -4.22. The van der Waals surface area contributed by atoms with Gasteiger partial charge in [0, 0.05) is 99.5 Å². The summed E-state index contributed by atoms with van der Waals surface area (Å²) < 4.78 is 40.8. The molecule has 13 nitrogen and oxygen atoms in total. The van der Waals surface area contributed by atoms with E-state index < -0.39 is 14.9 Å². The number of fused-ring (bicyclic) bond motifs is 1. The molecule has 0 unspecified atom stereocenters. The molecule has 0 saturated carbocycles. The molecule has 332 valence electrons.